The highest BCUT2D eigenvalue weighted by atomic mass is 35.5. The molecule has 0 saturated heterocycles. The molecule has 6 heteroatoms. The average molecular weight is 364 g/mol. The summed E-state index contributed by atoms with van der Waals surface area (Å²) in [5, 5.41) is 0.636. The van der Waals surface area contributed by atoms with Gasteiger partial charge in [0.15, 0.2) is 5.78 Å². The molecule has 1 unspecified atom stereocenters. The van der Waals surface area contributed by atoms with E-state index in [1.165, 1.54) is 6.92 Å². The van der Waals surface area contributed by atoms with Gasteiger partial charge in [0.1, 0.15) is 18.8 Å². The van der Waals surface area contributed by atoms with Crippen LogP contribution in [0.25, 0.3) is 0 Å². The highest BCUT2D eigenvalue weighted by Crippen LogP contribution is 2.22. The van der Waals surface area contributed by atoms with Crippen molar-refractivity contribution >= 4 is 23.2 Å². The van der Waals surface area contributed by atoms with Gasteiger partial charge in [-0.15, -0.1) is 0 Å². The van der Waals surface area contributed by atoms with Crippen LogP contribution in [0.3, 0.4) is 0 Å². The molecule has 0 radical (unpaired) electrons. The number of carbonyl (C=O) groups is 2. The molecule has 0 aliphatic rings. The van der Waals surface area contributed by atoms with Crippen LogP contribution in [0.4, 0.5) is 0 Å². The summed E-state index contributed by atoms with van der Waals surface area (Å²) in [6.45, 7) is 6.04. The highest BCUT2D eigenvalue weighted by Gasteiger charge is 2.22. The fraction of sp³-hybridized carbons (Fsp3) is 0.368. The lowest BCUT2D eigenvalue weighted by atomic mass is 10.1. The molecule has 25 heavy (non-hydrogen) atoms. The Morgan fingerprint density at radius 1 is 1.28 bits per heavy atom. The van der Waals surface area contributed by atoms with Crippen molar-refractivity contribution in [1.29, 1.82) is 0 Å². The van der Waals surface area contributed by atoms with Crippen LogP contribution in [-0.2, 0) is 6.54 Å². The van der Waals surface area contributed by atoms with E-state index in [1.54, 1.807) is 13.2 Å². The maximum Gasteiger partial charge on any atom is 0.233 e. The summed E-state index contributed by atoms with van der Waals surface area (Å²) in [6, 6.07) is 5.45. The molecular formula is C19H24ClN2O3+. The summed E-state index contributed by atoms with van der Waals surface area (Å²) in [5.41, 5.74) is 3.53. The normalized spacial score (nSPS) is 12.1. The number of ketones is 2. The predicted octanol–water partition coefficient (Wildman–Crippen LogP) is 2.39. The summed E-state index contributed by atoms with van der Waals surface area (Å²) in [6.07, 6.45) is 0. The first-order valence-corrected chi connectivity index (χ1v) is 8.49. The van der Waals surface area contributed by atoms with E-state index in [2.05, 4.69) is 4.98 Å². The number of nitrogens with one attached hydrogen (secondary N) is 2. The zero-order valence-electron chi connectivity index (χ0n) is 15.2. The van der Waals surface area contributed by atoms with Crippen LogP contribution in [0.15, 0.2) is 18.2 Å². The second kappa shape index (κ2) is 7.85. The minimum Gasteiger partial charge on any atom is -0.496 e. The number of carbonyl (C=O) groups excluding carboxylic acids is 2. The molecule has 0 fully saturated rings. The molecule has 2 rings (SSSR count). The number of ether oxygens (including phenoxy) is 1. The Morgan fingerprint density at radius 3 is 2.52 bits per heavy atom. The number of aromatic amines is 1. The van der Waals surface area contributed by atoms with Gasteiger partial charge in [-0.1, -0.05) is 11.6 Å². The van der Waals surface area contributed by atoms with Crippen LogP contribution in [0, 0.1) is 13.8 Å². The van der Waals surface area contributed by atoms with E-state index >= 15 is 0 Å². The van der Waals surface area contributed by atoms with Crippen molar-refractivity contribution in [2.75, 3.05) is 20.7 Å². The lowest BCUT2D eigenvalue weighted by Crippen LogP contribution is -3.08. The molecule has 0 aliphatic carbocycles. The van der Waals surface area contributed by atoms with E-state index in [0.29, 0.717) is 29.4 Å². The van der Waals surface area contributed by atoms with Crippen molar-refractivity contribution in [1.82, 2.24) is 4.98 Å². The van der Waals surface area contributed by atoms with E-state index in [-0.39, 0.29) is 11.6 Å². The number of halogens is 1. The number of aryl methyl sites for hydroxylation is 1. The summed E-state index contributed by atoms with van der Waals surface area (Å²) >= 11 is 6.06. The maximum absolute atomic E-state index is 12.7. The molecule has 1 atom stereocenters. The van der Waals surface area contributed by atoms with E-state index in [1.807, 2.05) is 33.0 Å². The van der Waals surface area contributed by atoms with Crippen LogP contribution >= 0.6 is 11.6 Å². The van der Waals surface area contributed by atoms with Crippen LogP contribution < -0.4 is 9.64 Å². The fourth-order valence-electron chi connectivity index (χ4n) is 3.19. The fourth-order valence-corrected chi connectivity index (χ4v) is 3.39. The molecule has 5 nitrogen and oxygen atoms in total. The van der Waals surface area contributed by atoms with Gasteiger partial charge in [0, 0.05) is 21.8 Å². The molecule has 1 heterocycles. The van der Waals surface area contributed by atoms with Crippen LogP contribution in [0.1, 0.15) is 44.6 Å². The third-order valence-electron chi connectivity index (χ3n) is 4.27. The number of hydrogen-bond donors (Lipinski definition) is 2. The summed E-state index contributed by atoms with van der Waals surface area (Å²) < 4.78 is 5.35. The van der Waals surface area contributed by atoms with Gasteiger partial charge >= 0.3 is 0 Å². The minimum atomic E-state index is -0.0327. The van der Waals surface area contributed by atoms with Gasteiger partial charge in [-0.2, -0.15) is 0 Å². The molecule has 1 aromatic carbocycles. The van der Waals surface area contributed by atoms with Gasteiger partial charge in [0.2, 0.25) is 5.78 Å². The first-order valence-electron chi connectivity index (χ1n) is 8.11. The number of rotatable bonds is 7. The smallest absolute Gasteiger partial charge is 0.233 e. The van der Waals surface area contributed by atoms with Gasteiger partial charge in [-0.05, 0) is 44.5 Å². The number of aromatic nitrogens is 1. The second-order valence-corrected chi connectivity index (χ2v) is 6.81. The van der Waals surface area contributed by atoms with Crippen LogP contribution in [-0.4, -0.2) is 37.3 Å². The maximum atomic E-state index is 12.7. The Labute approximate surface area is 152 Å². The first kappa shape index (κ1) is 19.2. The lowest BCUT2D eigenvalue weighted by Gasteiger charge is -2.15. The molecule has 0 bridgehead atoms. The Hall–Kier alpha value is -2.11. The molecule has 1 aromatic heterocycles. The Balaban J connectivity index is 2.15. The standard InChI is InChI=1S/C19H23ClN2O3/c1-11-18(13(3)23)12(2)21-19(11)16(24)10-22(4)9-14-8-15(20)6-7-17(14)25-5/h6-8,21H,9-10H2,1-5H3/p+1. The number of methoxy groups -OCH3 is 1. The minimum absolute atomic E-state index is 0.0217. The number of H-pyrrole nitrogens is 1. The summed E-state index contributed by atoms with van der Waals surface area (Å²) in [7, 11) is 3.55. The van der Waals surface area contributed by atoms with E-state index < -0.39 is 0 Å². The third kappa shape index (κ3) is 4.30. The molecule has 0 saturated carbocycles. The SMILES string of the molecule is COc1ccc(Cl)cc1C[NH+](C)CC(=O)c1[nH]c(C)c(C(C)=O)c1C. The van der Waals surface area contributed by atoms with Gasteiger partial charge in [0.25, 0.3) is 0 Å². The quantitative estimate of drug-likeness (QED) is 0.742. The number of Topliss-reactive ketones (excluding diaryl/α,β-unsaturated/α-hetero) is 2. The Morgan fingerprint density at radius 2 is 1.96 bits per heavy atom. The van der Waals surface area contributed by atoms with Crippen molar-refractivity contribution in [3.05, 3.63) is 51.3 Å². The van der Waals surface area contributed by atoms with Crippen molar-refractivity contribution in [3.63, 3.8) is 0 Å². The lowest BCUT2D eigenvalue weighted by molar-refractivity contribution is -0.884. The number of hydrogen-bond acceptors (Lipinski definition) is 3. The first-order chi connectivity index (χ1) is 11.7. The molecule has 0 amide bonds. The molecule has 0 aliphatic heterocycles. The monoisotopic (exact) mass is 363 g/mol. The molecule has 2 N–H and O–H groups in total. The molecule has 134 valence electrons. The predicted molar refractivity (Wildman–Crippen MR) is 98.1 cm³/mol. The summed E-state index contributed by atoms with van der Waals surface area (Å²) in [5.74, 6) is 0.697. The van der Waals surface area contributed by atoms with E-state index in [0.717, 1.165) is 27.5 Å². The zero-order chi connectivity index (χ0) is 18.7. The Bertz CT molecular complexity index is 811. The van der Waals surface area contributed by atoms with E-state index in [9.17, 15) is 9.59 Å². The molecule has 0 spiro atoms. The third-order valence-corrected chi connectivity index (χ3v) is 4.50. The Kier molecular flexibility index (Phi) is 6.03. The van der Waals surface area contributed by atoms with Crippen LogP contribution in [0.5, 0.6) is 5.75 Å². The van der Waals surface area contributed by atoms with Crippen LogP contribution in [0.2, 0.25) is 5.02 Å². The van der Waals surface area contributed by atoms with Gasteiger partial charge < -0.3 is 14.6 Å². The number of likely N-dealkylation sites (N-methyl/N-ethyl adjacent to an activating group) is 1. The van der Waals surface area contributed by atoms with Gasteiger partial charge in [0.05, 0.1) is 19.9 Å². The average Bonchev–Trinajstić information content (AvgIpc) is 2.82. The van der Waals surface area contributed by atoms with Crippen molar-refractivity contribution in [2.24, 2.45) is 0 Å². The van der Waals surface area contributed by atoms with Crippen molar-refractivity contribution < 1.29 is 19.2 Å². The largest absolute Gasteiger partial charge is 0.496 e. The summed E-state index contributed by atoms with van der Waals surface area (Å²) in [4.78, 5) is 28.4. The zero-order valence-corrected chi connectivity index (χ0v) is 16.0. The second-order valence-electron chi connectivity index (χ2n) is 6.37. The highest BCUT2D eigenvalue weighted by molar-refractivity contribution is 6.30. The van der Waals surface area contributed by atoms with Gasteiger partial charge in [-0.25, -0.2) is 0 Å². The number of quaternary nitrogens is 1. The topological polar surface area (TPSA) is 63.6 Å². The van der Waals surface area contributed by atoms with E-state index in [4.69, 9.17) is 16.3 Å². The molecular weight excluding hydrogens is 340 g/mol. The van der Waals surface area contributed by atoms with Crippen molar-refractivity contribution in [2.45, 2.75) is 27.3 Å². The number of benzene rings is 1. The van der Waals surface area contributed by atoms with Crippen molar-refractivity contribution in [3.8, 4) is 5.75 Å². The van der Waals surface area contributed by atoms with Gasteiger partial charge in [-0.3, -0.25) is 9.59 Å². The molecule has 2 aromatic rings.